The van der Waals surface area contributed by atoms with Crippen molar-refractivity contribution in [1.82, 2.24) is 0 Å². The van der Waals surface area contributed by atoms with Crippen LogP contribution in [0.4, 0.5) is 0 Å². The maximum Gasteiger partial charge on any atom is 0.185 e. The molecule has 0 unspecified atom stereocenters. The van der Waals surface area contributed by atoms with Crippen LogP contribution in [-0.4, -0.2) is 23.1 Å². The van der Waals surface area contributed by atoms with Crippen LogP contribution in [0.1, 0.15) is 21.5 Å². The summed E-state index contributed by atoms with van der Waals surface area (Å²) >= 11 is 0. The Bertz CT molecular complexity index is 688. The molecule has 0 spiro atoms. The number of methoxy groups -OCH3 is 1. The topological polar surface area (TPSA) is 66.8 Å². The van der Waals surface area contributed by atoms with Gasteiger partial charge in [-0.1, -0.05) is 30.3 Å². The molecule has 0 saturated heterocycles. The van der Waals surface area contributed by atoms with Crippen LogP contribution in [0.3, 0.4) is 0 Å². The van der Waals surface area contributed by atoms with Crippen LogP contribution >= 0.6 is 0 Å². The summed E-state index contributed by atoms with van der Waals surface area (Å²) in [4.78, 5) is 12.0. The number of ether oxygens (including phenoxy) is 1. The van der Waals surface area contributed by atoms with E-state index in [4.69, 9.17) is 4.74 Å². The summed E-state index contributed by atoms with van der Waals surface area (Å²) in [6.45, 7) is 1.67. The highest BCUT2D eigenvalue weighted by atomic mass is 16.5. The molecule has 0 bridgehead atoms. The molecule has 0 aliphatic carbocycles. The fourth-order valence-electron chi connectivity index (χ4n) is 1.98. The van der Waals surface area contributed by atoms with Gasteiger partial charge in [0.2, 0.25) is 0 Å². The van der Waals surface area contributed by atoms with Gasteiger partial charge in [-0.2, -0.15) is 0 Å². The van der Waals surface area contributed by atoms with Crippen LogP contribution in [0.15, 0.2) is 42.5 Å². The highest BCUT2D eigenvalue weighted by molar-refractivity contribution is 6.07. The van der Waals surface area contributed by atoms with E-state index >= 15 is 0 Å². The molecule has 0 radical (unpaired) electrons. The summed E-state index contributed by atoms with van der Waals surface area (Å²) in [6.07, 6.45) is 2.71. The van der Waals surface area contributed by atoms with E-state index in [1.54, 1.807) is 31.2 Å². The quantitative estimate of drug-likeness (QED) is 0.667. The molecule has 2 aromatic carbocycles. The molecule has 21 heavy (non-hydrogen) atoms. The Balaban J connectivity index is 2.34. The van der Waals surface area contributed by atoms with Crippen molar-refractivity contribution in [3.63, 3.8) is 0 Å². The minimum atomic E-state index is -0.206. The minimum Gasteiger partial charge on any atom is -0.507 e. The van der Waals surface area contributed by atoms with E-state index < -0.39 is 0 Å². The second-order valence-corrected chi connectivity index (χ2v) is 4.55. The van der Waals surface area contributed by atoms with Crippen molar-refractivity contribution >= 4 is 11.9 Å². The number of phenols is 2. The average Bonchev–Trinajstić information content (AvgIpc) is 2.51. The van der Waals surface area contributed by atoms with Crippen molar-refractivity contribution in [3.05, 3.63) is 59.2 Å². The lowest BCUT2D eigenvalue weighted by Gasteiger charge is -2.10. The van der Waals surface area contributed by atoms with Crippen molar-refractivity contribution in [2.75, 3.05) is 7.11 Å². The van der Waals surface area contributed by atoms with Gasteiger partial charge >= 0.3 is 0 Å². The standard InChI is InChI=1S/C17H16O4/c1-11-16(21-2)10-15(19)13(17(11)20)8-9-14(18)12-6-4-3-5-7-12/h3-10,19-20H,1-2H3/b9-8+. The van der Waals surface area contributed by atoms with Crippen LogP contribution in [-0.2, 0) is 0 Å². The third-order valence-electron chi connectivity index (χ3n) is 3.20. The number of hydrogen-bond acceptors (Lipinski definition) is 4. The average molecular weight is 284 g/mol. The van der Waals surface area contributed by atoms with Gasteiger partial charge in [0.05, 0.1) is 12.7 Å². The summed E-state index contributed by atoms with van der Waals surface area (Å²) in [6, 6.07) is 10.2. The molecule has 2 aromatic rings. The van der Waals surface area contributed by atoms with Gasteiger partial charge in [0, 0.05) is 17.2 Å². The lowest BCUT2D eigenvalue weighted by Crippen LogP contribution is -1.94. The molecule has 2 rings (SSSR count). The molecule has 0 aliphatic heterocycles. The minimum absolute atomic E-state index is 0.107. The highest BCUT2D eigenvalue weighted by Gasteiger charge is 2.13. The molecule has 0 saturated carbocycles. The van der Waals surface area contributed by atoms with Crippen LogP contribution in [0.2, 0.25) is 0 Å². The first-order valence-corrected chi connectivity index (χ1v) is 6.41. The predicted molar refractivity (Wildman–Crippen MR) is 80.9 cm³/mol. The first-order valence-electron chi connectivity index (χ1n) is 6.41. The van der Waals surface area contributed by atoms with Gasteiger partial charge < -0.3 is 14.9 Å². The monoisotopic (exact) mass is 284 g/mol. The van der Waals surface area contributed by atoms with Gasteiger partial charge in [0.25, 0.3) is 0 Å². The Morgan fingerprint density at radius 3 is 2.48 bits per heavy atom. The van der Waals surface area contributed by atoms with Crippen molar-refractivity contribution in [1.29, 1.82) is 0 Å². The van der Waals surface area contributed by atoms with Crippen LogP contribution in [0, 0.1) is 6.92 Å². The van der Waals surface area contributed by atoms with E-state index in [9.17, 15) is 15.0 Å². The number of hydrogen-bond donors (Lipinski definition) is 2. The Hall–Kier alpha value is -2.75. The molecule has 0 atom stereocenters. The van der Waals surface area contributed by atoms with Gasteiger partial charge in [0.15, 0.2) is 5.78 Å². The smallest absolute Gasteiger partial charge is 0.185 e. The lowest BCUT2D eigenvalue weighted by molar-refractivity contribution is 0.104. The highest BCUT2D eigenvalue weighted by Crippen LogP contribution is 2.38. The summed E-state index contributed by atoms with van der Waals surface area (Å²) in [5.41, 5.74) is 1.23. The third-order valence-corrected chi connectivity index (χ3v) is 3.20. The number of rotatable bonds is 4. The molecular formula is C17H16O4. The Kier molecular flexibility index (Phi) is 4.28. The number of aromatic hydroxyl groups is 2. The first kappa shape index (κ1) is 14.7. The molecule has 4 heteroatoms. The summed E-state index contributed by atoms with van der Waals surface area (Å²) < 4.78 is 5.05. The number of ketones is 1. The van der Waals surface area contributed by atoms with Crippen LogP contribution in [0.5, 0.6) is 17.2 Å². The normalized spacial score (nSPS) is 10.8. The molecule has 0 aliphatic rings. The zero-order valence-electron chi connectivity index (χ0n) is 11.8. The van der Waals surface area contributed by atoms with Gasteiger partial charge in [-0.25, -0.2) is 0 Å². The zero-order valence-corrected chi connectivity index (χ0v) is 11.8. The lowest BCUT2D eigenvalue weighted by atomic mass is 10.0. The SMILES string of the molecule is COc1cc(O)c(/C=C/C(=O)c2ccccc2)c(O)c1C. The fraction of sp³-hybridized carbons (Fsp3) is 0.118. The van der Waals surface area contributed by atoms with Crippen molar-refractivity contribution in [3.8, 4) is 17.2 Å². The molecule has 108 valence electrons. The Morgan fingerprint density at radius 2 is 1.86 bits per heavy atom. The summed E-state index contributed by atoms with van der Waals surface area (Å²) in [5.74, 6) is -0.0737. The van der Waals surface area contributed by atoms with Crippen molar-refractivity contribution < 1.29 is 19.7 Å². The van der Waals surface area contributed by atoms with E-state index in [2.05, 4.69) is 0 Å². The number of allylic oxidation sites excluding steroid dienone is 1. The second kappa shape index (κ2) is 6.13. The van der Waals surface area contributed by atoms with Crippen molar-refractivity contribution in [2.24, 2.45) is 0 Å². The predicted octanol–water partition coefficient (Wildman–Crippen LogP) is 3.31. The Labute approximate surface area is 122 Å². The van der Waals surface area contributed by atoms with Gasteiger partial charge in [0.1, 0.15) is 17.2 Å². The van der Waals surface area contributed by atoms with Crippen molar-refractivity contribution in [2.45, 2.75) is 6.92 Å². The van der Waals surface area contributed by atoms with E-state index in [-0.39, 0.29) is 22.8 Å². The maximum atomic E-state index is 12.0. The molecule has 0 fully saturated rings. The number of phenolic OH excluding ortho intramolecular Hbond substituents is 2. The largest absolute Gasteiger partial charge is 0.507 e. The van der Waals surface area contributed by atoms with E-state index in [0.29, 0.717) is 16.9 Å². The summed E-state index contributed by atoms with van der Waals surface area (Å²) in [5, 5.41) is 20.0. The molecule has 0 heterocycles. The molecule has 0 amide bonds. The Morgan fingerprint density at radius 1 is 1.19 bits per heavy atom. The third kappa shape index (κ3) is 3.05. The fourth-order valence-corrected chi connectivity index (χ4v) is 1.98. The van der Waals surface area contributed by atoms with E-state index in [1.165, 1.54) is 25.3 Å². The van der Waals surface area contributed by atoms with Crippen LogP contribution in [0.25, 0.3) is 6.08 Å². The maximum absolute atomic E-state index is 12.0. The second-order valence-electron chi connectivity index (χ2n) is 4.55. The number of carbonyl (C=O) groups is 1. The van der Waals surface area contributed by atoms with E-state index in [0.717, 1.165) is 0 Å². The number of benzene rings is 2. The van der Waals surface area contributed by atoms with Crippen LogP contribution < -0.4 is 4.74 Å². The first-order chi connectivity index (χ1) is 10.0. The molecule has 4 nitrogen and oxygen atoms in total. The molecular weight excluding hydrogens is 268 g/mol. The molecule has 0 aromatic heterocycles. The summed E-state index contributed by atoms with van der Waals surface area (Å²) in [7, 11) is 1.45. The van der Waals surface area contributed by atoms with Gasteiger partial charge in [-0.15, -0.1) is 0 Å². The van der Waals surface area contributed by atoms with Gasteiger partial charge in [-0.3, -0.25) is 4.79 Å². The number of carbonyl (C=O) groups excluding carboxylic acids is 1. The zero-order chi connectivity index (χ0) is 15.4. The van der Waals surface area contributed by atoms with E-state index in [1.807, 2.05) is 6.07 Å². The molecule has 2 N–H and O–H groups in total. The van der Waals surface area contributed by atoms with Gasteiger partial charge in [-0.05, 0) is 19.1 Å².